The number of ether oxygens (including phenoxy) is 1. The highest BCUT2D eigenvalue weighted by molar-refractivity contribution is 7.89. The molecule has 2 rings (SSSR count). The van der Waals surface area contributed by atoms with Gasteiger partial charge in [0.15, 0.2) is 0 Å². The molecule has 122 valence electrons. The standard InChI is InChI=1S/C15H27NO4S/c1-20-15(17)13-7-9-14(10-8-13)16-21(18,19)11-12-5-3-2-4-6-12/h12-14,16H,2-11H2,1H3. The predicted octanol–water partition coefficient (Wildman–Crippen LogP) is 2.22. The van der Waals surface area contributed by atoms with Crippen molar-refractivity contribution in [2.24, 2.45) is 11.8 Å². The van der Waals surface area contributed by atoms with Crippen molar-refractivity contribution in [1.29, 1.82) is 0 Å². The molecule has 2 saturated carbocycles. The Morgan fingerprint density at radius 1 is 1.05 bits per heavy atom. The Balaban J connectivity index is 1.77. The van der Waals surface area contributed by atoms with Crippen LogP contribution < -0.4 is 4.72 Å². The van der Waals surface area contributed by atoms with Gasteiger partial charge in [0.25, 0.3) is 0 Å². The van der Waals surface area contributed by atoms with Gasteiger partial charge in [-0.25, -0.2) is 13.1 Å². The molecule has 0 atom stereocenters. The zero-order chi connectivity index (χ0) is 15.3. The average Bonchev–Trinajstić information content (AvgIpc) is 2.47. The lowest BCUT2D eigenvalue weighted by atomic mass is 9.86. The average molecular weight is 317 g/mol. The van der Waals surface area contributed by atoms with Gasteiger partial charge in [0.05, 0.1) is 18.8 Å². The maximum absolute atomic E-state index is 12.2. The van der Waals surface area contributed by atoms with Crippen molar-refractivity contribution in [3.8, 4) is 0 Å². The van der Waals surface area contributed by atoms with E-state index in [1.807, 2.05) is 0 Å². The second-order valence-electron chi connectivity index (χ2n) is 6.48. The molecule has 2 aliphatic rings. The number of methoxy groups -OCH3 is 1. The minimum absolute atomic E-state index is 0.0144. The molecule has 0 unspecified atom stereocenters. The molecule has 0 saturated heterocycles. The molecule has 0 spiro atoms. The van der Waals surface area contributed by atoms with E-state index in [0.29, 0.717) is 18.8 Å². The number of rotatable bonds is 5. The van der Waals surface area contributed by atoms with Crippen molar-refractivity contribution in [1.82, 2.24) is 4.72 Å². The third kappa shape index (κ3) is 5.25. The number of nitrogens with one attached hydrogen (secondary N) is 1. The Labute approximate surface area is 127 Å². The van der Waals surface area contributed by atoms with Gasteiger partial charge < -0.3 is 4.74 Å². The first-order valence-electron chi connectivity index (χ1n) is 8.08. The van der Waals surface area contributed by atoms with Crippen molar-refractivity contribution < 1.29 is 17.9 Å². The van der Waals surface area contributed by atoms with Gasteiger partial charge in [0.2, 0.25) is 10.0 Å². The molecule has 0 aromatic heterocycles. The summed E-state index contributed by atoms with van der Waals surface area (Å²) in [4.78, 5) is 11.5. The SMILES string of the molecule is COC(=O)C1CCC(NS(=O)(=O)CC2CCCCC2)CC1. The fourth-order valence-electron chi connectivity index (χ4n) is 3.58. The van der Waals surface area contributed by atoms with E-state index in [4.69, 9.17) is 4.74 Å². The van der Waals surface area contributed by atoms with Crippen molar-refractivity contribution in [2.75, 3.05) is 12.9 Å². The molecule has 0 aliphatic heterocycles. The minimum Gasteiger partial charge on any atom is -0.469 e. The Morgan fingerprint density at radius 3 is 2.24 bits per heavy atom. The zero-order valence-corrected chi connectivity index (χ0v) is 13.7. The van der Waals surface area contributed by atoms with E-state index >= 15 is 0 Å². The van der Waals surface area contributed by atoms with Crippen molar-refractivity contribution in [3.05, 3.63) is 0 Å². The van der Waals surface area contributed by atoms with Crippen LogP contribution in [0.3, 0.4) is 0 Å². The van der Waals surface area contributed by atoms with E-state index in [9.17, 15) is 13.2 Å². The van der Waals surface area contributed by atoms with Crippen LogP contribution in [0.1, 0.15) is 57.8 Å². The van der Waals surface area contributed by atoms with Crippen LogP contribution in [0, 0.1) is 11.8 Å². The molecule has 0 radical (unpaired) electrons. The fraction of sp³-hybridized carbons (Fsp3) is 0.933. The summed E-state index contributed by atoms with van der Waals surface area (Å²) in [5.74, 6) is 0.361. The van der Waals surface area contributed by atoms with E-state index in [2.05, 4.69) is 4.72 Å². The van der Waals surface area contributed by atoms with Crippen molar-refractivity contribution in [3.63, 3.8) is 0 Å². The first-order valence-corrected chi connectivity index (χ1v) is 9.73. The molecule has 0 aromatic rings. The molecule has 0 amide bonds. The largest absolute Gasteiger partial charge is 0.469 e. The van der Waals surface area contributed by atoms with Crippen LogP contribution in [0.4, 0.5) is 0 Å². The summed E-state index contributed by atoms with van der Waals surface area (Å²) < 4.78 is 32.1. The van der Waals surface area contributed by atoms with Gasteiger partial charge >= 0.3 is 5.97 Å². The number of carbonyl (C=O) groups excluding carboxylic acids is 1. The number of hydrogen-bond donors (Lipinski definition) is 1. The predicted molar refractivity (Wildman–Crippen MR) is 81.3 cm³/mol. The zero-order valence-electron chi connectivity index (χ0n) is 12.8. The molecule has 2 aliphatic carbocycles. The number of esters is 1. The van der Waals surface area contributed by atoms with Crippen LogP contribution in [0.15, 0.2) is 0 Å². The van der Waals surface area contributed by atoms with Gasteiger partial charge in [-0.1, -0.05) is 19.3 Å². The molecule has 0 heterocycles. The van der Waals surface area contributed by atoms with Crippen LogP contribution in [0.25, 0.3) is 0 Å². The normalized spacial score (nSPS) is 28.2. The molecule has 0 bridgehead atoms. The Kier molecular flexibility index (Phi) is 6.05. The lowest BCUT2D eigenvalue weighted by Gasteiger charge is -2.28. The Bertz CT molecular complexity index is 435. The number of carbonyl (C=O) groups is 1. The van der Waals surface area contributed by atoms with Gasteiger partial charge in [0.1, 0.15) is 0 Å². The summed E-state index contributed by atoms with van der Waals surface area (Å²) in [6, 6.07) is -0.0144. The highest BCUT2D eigenvalue weighted by Gasteiger charge is 2.30. The molecule has 2 fully saturated rings. The van der Waals surface area contributed by atoms with Crippen molar-refractivity contribution in [2.45, 2.75) is 63.8 Å². The highest BCUT2D eigenvalue weighted by atomic mass is 32.2. The van der Waals surface area contributed by atoms with Gasteiger partial charge in [-0.3, -0.25) is 4.79 Å². The van der Waals surface area contributed by atoms with Crippen LogP contribution >= 0.6 is 0 Å². The summed E-state index contributed by atoms with van der Waals surface area (Å²) in [6.45, 7) is 0. The van der Waals surface area contributed by atoms with Crippen LogP contribution in [0.5, 0.6) is 0 Å². The number of hydrogen-bond acceptors (Lipinski definition) is 4. The topological polar surface area (TPSA) is 72.5 Å². The van der Waals surface area contributed by atoms with Crippen LogP contribution in [-0.2, 0) is 19.6 Å². The van der Waals surface area contributed by atoms with E-state index in [1.165, 1.54) is 13.5 Å². The summed E-state index contributed by atoms with van der Waals surface area (Å²) in [5, 5.41) is 0. The van der Waals surface area contributed by atoms with Crippen LogP contribution in [-0.4, -0.2) is 33.3 Å². The smallest absolute Gasteiger partial charge is 0.308 e. The lowest BCUT2D eigenvalue weighted by Crippen LogP contribution is -2.41. The minimum atomic E-state index is -3.19. The molecule has 1 N–H and O–H groups in total. The quantitative estimate of drug-likeness (QED) is 0.789. The second kappa shape index (κ2) is 7.58. The molecule has 0 aromatic carbocycles. The van der Waals surface area contributed by atoms with Gasteiger partial charge in [-0.15, -0.1) is 0 Å². The van der Waals surface area contributed by atoms with Gasteiger partial charge in [-0.05, 0) is 44.4 Å². The first kappa shape index (κ1) is 16.7. The molecule has 6 heteroatoms. The van der Waals surface area contributed by atoms with E-state index in [1.54, 1.807) is 0 Å². The van der Waals surface area contributed by atoms with Gasteiger partial charge in [-0.2, -0.15) is 0 Å². The third-order valence-electron chi connectivity index (χ3n) is 4.79. The summed E-state index contributed by atoms with van der Waals surface area (Å²) in [6.07, 6.45) is 8.50. The van der Waals surface area contributed by atoms with E-state index in [-0.39, 0.29) is 23.7 Å². The van der Waals surface area contributed by atoms with E-state index in [0.717, 1.165) is 38.5 Å². The van der Waals surface area contributed by atoms with E-state index < -0.39 is 10.0 Å². The Hall–Kier alpha value is -0.620. The lowest BCUT2D eigenvalue weighted by molar-refractivity contribution is -0.146. The maximum Gasteiger partial charge on any atom is 0.308 e. The Morgan fingerprint density at radius 2 is 1.67 bits per heavy atom. The molecular formula is C15H27NO4S. The van der Waals surface area contributed by atoms with Gasteiger partial charge in [0, 0.05) is 6.04 Å². The highest BCUT2D eigenvalue weighted by Crippen LogP contribution is 2.27. The summed E-state index contributed by atoms with van der Waals surface area (Å²) in [7, 11) is -1.79. The molecular weight excluding hydrogens is 290 g/mol. The first-order chi connectivity index (χ1) is 10.00. The molecule has 21 heavy (non-hydrogen) atoms. The molecule has 5 nitrogen and oxygen atoms in total. The second-order valence-corrected chi connectivity index (χ2v) is 8.27. The van der Waals surface area contributed by atoms with Crippen LogP contribution in [0.2, 0.25) is 0 Å². The van der Waals surface area contributed by atoms with Crippen molar-refractivity contribution >= 4 is 16.0 Å². The fourth-order valence-corrected chi connectivity index (χ4v) is 5.37. The number of sulfonamides is 1. The monoisotopic (exact) mass is 317 g/mol. The maximum atomic E-state index is 12.2. The third-order valence-corrected chi connectivity index (χ3v) is 6.39. The summed E-state index contributed by atoms with van der Waals surface area (Å²) >= 11 is 0. The summed E-state index contributed by atoms with van der Waals surface area (Å²) in [5.41, 5.74) is 0.